The zero-order chi connectivity index (χ0) is 15.0. The third-order valence-corrected chi connectivity index (χ3v) is 3.01. The number of hydrogen-bond acceptors (Lipinski definition) is 5. The number of rotatable bonds is 2. The fraction of sp³-hybridized carbons (Fsp3) is 0.231. The van der Waals surface area contributed by atoms with Crippen LogP contribution in [0.5, 0.6) is 5.88 Å². The Hall–Kier alpha value is -2.70. The molecule has 0 aliphatic rings. The smallest absolute Gasteiger partial charge is 0.335 e. The zero-order valence-electron chi connectivity index (χ0n) is 11.2. The number of aromatic amines is 1. The molecule has 20 heavy (non-hydrogen) atoms. The van der Waals surface area contributed by atoms with Gasteiger partial charge in [-0.3, -0.25) is 9.78 Å². The number of benzene rings is 1. The summed E-state index contributed by atoms with van der Waals surface area (Å²) in [6.07, 6.45) is 0. The molecule has 2 aromatic rings. The van der Waals surface area contributed by atoms with Crippen LogP contribution in [0.1, 0.15) is 16.7 Å². The maximum atomic E-state index is 11.9. The van der Waals surface area contributed by atoms with Gasteiger partial charge in [-0.1, -0.05) is 17.7 Å². The third kappa shape index (κ3) is 2.03. The first-order chi connectivity index (χ1) is 9.36. The van der Waals surface area contributed by atoms with Gasteiger partial charge in [-0.15, -0.1) is 4.91 Å². The fourth-order valence-electron chi connectivity index (χ4n) is 2.33. The molecule has 0 saturated heterocycles. The van der Waals surface area contributed by atoms with E-state index in [1.54, 1.807) is 13.8 Å². The van der Waals surface area contributed by atoms with Crippen LogP contribution in [0.2, 0.25) is 0 Å². The van der Waals surface area contributed by atoms with Crippen molar-refractivity contribution in [1.29, 1.82) is 0 Å². The minimum Gasteiger partial charge on any atom is -0.492 e. The topological polar surface area (TPSA) is 105 Å². The summed E-state index contributed by atoms with van der Waals surface area (Å²) in [6.45, 7) is 5.43. The van der Waals surface area contributed by atoms with E-state index >= 15 is 0 Å². The van der Waals surface area contributed by atoms with Gasteiger partial charge in [-0.2, -0.15) is 0 Å². The van der Waals surface area contributed by atoms with Gasteiger partial charge in [0.25, 0.3) is 5.56 Å². The van der Waals surface area contributed by atoms with Crippen LogP contribution >= 0.6 is 0 Å². The predicted molar refractivity (Wildman–Crippen MR) is 74.0 cm³/mol. The average molecular weight is 275 g/mol. The maximum Gasteiger partial charge on any atom is 0.335 e. The summed E-state index contributed by atoms with van der Waals surface area (Å²) in [5, 5.41) is 12.4. The number of nitroso groups, excluding NO2 is 1. The number of aryl methyl sites for hydroxylation is 3. The number of nitrogens with zero attached hydrogens (tertiary/aromatic N) is 2. The molecule has 0 spiro atoms. The normalized spacial score (nSPS) is 10.6. The van der Waals surface area contributed by atoms with E-state index in [9.17, 15) is 19.6 Å². The molecule has 0 saturated carbocycles. The molecule has 0 amide bonds. The highest BCUT2D eigenvalue weighted by Crippen LogP contribution is 2.27. The van der Waals surface area contributed by atoms with Crippen molar-refractivity contribution >= 4 is 5.69 Å². The number of hydrogen-bond donors (Lipinski definition) is 2. The Morgan fingerprint density at radius 1 is 1.15 bits per heavy atom. The van der Waals surface area contributed by atoms with Gasteiger partial charge in [-0.25, -0.2) is 9.36 Å². The molecular weight excluding hydrogens is 262 g/mol. The van der Waals surface area contributed by atoms with Gasteiger partial charge in [0.2, 0.25) is 11.6 Å². The van der Waals surface area contributed by atoms with Crippen LogP contribution in [0.15, 0.2) is 26.9 Å². The predicted octanol–water partition coefficient (Wildman–Crippen LogP) is 1.55. The van der Waals surface area contributed by atoms with Crippen molar-refractivity contribution < 1.29 is 5.11 Å². The Labute approximate surface area is 113 Å². The average Bonchev–Trinajstić information content (AvgIpc) is 2.32. The third-order valence-electron chi connectivity index (χ3n) is 3.01. The van der Waals surface area contributed by atoms with E-state index < -0.39 is 22.8 Å². The molecule has 0 unspecified atom stereocenters. The fourth-order valence-corrected chi connectivity index (χ4v) is 2.33. The van der Waals surface area contributed by atoms with Crippen molar-refractivity contribution in [2.24, 2.45) is 5.18 Å². The zero-order valence-corrected chi connectivity index (χ0v) is 11.2. The van der Waals surface area contributed by atoms with E-state index in [1.807, 2.05) is 24.0 Å². The molecule has 2 rings (SSSR count). The number of nitrogens with one attached hydrogen (secondary N) is 1. The van der Waals surface area contributed by atoms with Crippen molar-refractivity contribution in [3.63, 3.8) is 0 Å². The van der Waals surface area contributed by atoms with Gasteiger partial charge in [0, 0.05) is 0 Å². The quantitative estimate of drug-likeness (QED) is 0.811. The summed E-state index contributed by atoms with van der Waals surface area (Å²) in [7, 11) is 0. The molecule has 7 heteroatoms. The van der Waals surface area contributed by atoms with E-state index in [2.05, 4.69) is 5.18 Å². The monoisotopic (exact) mass is 275 g/mol. The van der Waals surface area contributed by atoms with E-state index in [0.29, 0.717) is 5.69 Å². The Morgan fingerprint density at radius 2 is 1.70 bits per heavy atom. The number of aromatic hydroxyl groups is 1. The van der Waals surface area contributed by atoms with Gasteiger partial charge < -0.3 is 5.11 Å². The lowest BCUT2D eigenvalue weighted by Gasteiger charge is -2.14. The summed E-state index contributed by atoms with van der Waals surface area (Å²) >= 11 is 0. The minimum atomic E-state index is -1.01. The largest absolute Gasteiger partial charge is 0.492 e. The van der Waals surface area contributed by atoms with Crippen LogP contribution in [0.3, 0.4) is 0 Å². The molecule has 2 N–H and O–H groups in total. The van der Waals surface area contributed by atoms with E-state index in [1.165, 1.54) is 0 Å². The molecule has 104 valence electrons. The Bertz CT molecular complexity index is 794. The summed E-state index contributed by atoms with van der Waals surface area (Å²) < 4.78 is 0.877. The van der Waals surface area contributed by atoms with Crippen LogP contribution in [-0.4, -0.2) is 14.7 Å². The van der Waals surface area contributed by atoms with Crippen LogP contribution in [0, 0.1) is 25.7 Å². The van der Waals surface area contributed by atoms with Crippen LogP contribution < -0.4 is 11.2 Å². The molecule has 0 radical (unpaired) electrons. The lowest BCUT2D eigenvalue weighted by molar-refractivity contribution is 0.432. The maximum absolute atomic E-state index is 11.9. The first-order valence-electron chi connectivity index (χ1n) is 5.86. The lowest BCUT2D eigenvalue weighted by Crippen LogP contribution is -2.29. The van der Waals surface area contributed by atoms with Gasteiger partial charge in [0.05, 0.1) is 5.69 Å². The summed E-state index contributed by atoms with van der Waals surface area (Å²) in [5.74, 6) is -0.760. The SMILES string of the molecule is Cc1cc(C)c(-n2c(O)c(N=O)c(=O)[nH]c2=O)c(C)c1. The highest BCUT2D eigenvalue weighted by atomic mass is 16.3. The van der Waals surface area contributed by atoms with E-state index in [0.717, 1.165) is 21.3 Å². The number of H-pyrrole nitrogens is 1. The minimum absolute atomic E-state index is 0.416. The lowest BCUT2D eigenvalue weighted by atomic mass is 10.0. The standard InChI is InChI=1S/C13H13N3O4/c1-6-4-7(2)10(8(3)5-6)16-12(18)9(15-20)11(17)14-13(16)19/h4-5,18H,1-3H3,(H,14,17,19). The molecular formula is C13H13N3O4. The molecule has 7 nitrogen and oxygen atoms in total. The molecule has 0 aliphatic carbocycles. The second-order valence-electron chi connectivity index (χ2n) is 4.61. The Balaban J connectivity index is 2.94. The van der Waals surface area contributed by atoms with Crippen LogP contribution in [0.4, 0.5) is 5.69 Å². The van der Waals surface area contributed by atoms with Gasteiger partial charge >= 0.3 is 5.69 Å². The van der Waals surface area contributed by atoms with Crippen molar-refractivity contribution in [3.05, 3.63) is 54.6 Å². The van der Waals surface area contributed by atoms with Gasteiger partial charge in [0.1, 0.15) is 0 Å². The Morgan fingerprint density at radius 3 is 2.20 bits per heavy atom. The number of aromatic nitrogens is 2. The molecule has 0 atom stereocenters. The molecule has 0 bridgehead atoms. The molecule has 1 heterocycles. The molecule has 1 aromatic heterocycles. The summed E-state index contributed by atoms with van der Waals surface area (Å²) in [4.78, 5) is 35.9. The second kappa shape index (κ2) is 4.76. The summed E-state index contributed by atoms with van der Waals surface area (Å²) in [5.41, 5.74) is 0.307. The molecule has 1 aromatic carbocycles. The highest BCUT2D eigenvalue weighted by Gasteiger charge is 2.18. The van der Waals surface area contributed by atoms with Gasteiger partial charge in [0.15, 0.2) is 0 Å². The first-order valence-corrected chi connectivity index (χ1v) is 5.86. The van der Waals surface area contributed by atoms with Crippen molar-refractivity contribution in [3.8, 4) is 11.6 Å². The van der Waals surface area contributed by atoms with E-state index in [-0.39, 0.29) is 0 Å². The van der Waals surface area contributed by atoms with Gasteiger partial charge in [-0.05, 0) is 37.1 Å². The molecule has 0 fully saturated rings. The second-order valence-corrected chi connectivity index (χ2v) is 4.61. The van der Waals surface area contributed by atoms with Crippen molar-refractivity contribution in [2.75, 3.05) is 0 Å². The van der Waals surface area contributed by atoms with Crippen molar-refractivity contribution in [1.82, 2.24) is 9.55 Å². The van der Waals surface area contributed by atoms with Crippen molar-refractivity contribution in [2.45, 2.75) is 20.8 Å². The first kappa shape index (κ1) is 13.7. The van der Waals surface area contributed by atoms with E-state index in [4.69, 9.17) is 0 Å². The summed E-state index contributed by atoms with van der Waals surface area (Å²) in [6, 6.07) is 3.65. The Kier molecular flexibility index (Phi) is 3.27. The highest BCUT2D eigenvalue weighted by molar-refractivity contribution is 5.55. The van der Waals surface area contributed by atoms with Crippen LogP contribution in [0.25, 0.3) is 5.69 Å². The molecule has 0 aliphatic heterocycles. The van der Waals surface area contributed by atoms with Crippen LogP contribution in [-0.2, 0) is 0 Å².